The molecule has 1 heterocycles. The Bertz CT molecular complexity index is 910. The molecule has 1 saturated heterocycles. The Kier molecular flexibility index (Phi) is 5.58. The Morgan fingerprint density at radius 3 is 2.35 bits per heavy atom. The molecule has 0 aromatic heterocycles. The predicted molar refractivity (Wildman–Crippen MR) is 103 cm³/mol. The van der Waals surface area contributed by atoms with Gasteiger partial charge in [-0.3, -0.25) is 4.79 Å². The molecule has 0 radical (unpaired) electrons. The molecule has 0 spiro atoms. The normalized spacial score (nSPS) is 18.0. The molecule has 0 saturated carbocycles. The summed E-state index contributed by atoms with van der Waals surface area (Å²) in [7, 11) is -3.74. The molecule has 0 aliphatic carbocycles. The number of aryl methyl sites for hydroxylation is 1. The van der Waals surface area contributed by atoms with E-state index < -0.39 is 22.0 Å². The quantitative estimate of drug-likeness (QED) is 0.821. The average molecular weight is 413 g/mol. The van der Waals surface area contributed by atoms with Gasteiger partial charge in [-0.2, -0.15) is 4.31 Å². The van der Waals surface area contributed by atoms with Crippen LogP contribution in [-0.4, -0.2) is 31.2 Å². The molecule has 8 heteroatoms. The Hall–Kier alpha value is -1.60. The summed E-state index contributed by atoms with van der Waals surface area (Å²) in [5.74, 6) is -0.392. The third-order valence-electron chi connectivity index (χ3n) is 4.26. The molecule has 2 aromatic rings. The molecule has 1 aliphatic rings. The third-order valence-corrected chi connectivity index (χ3v) is 6.62. The maximum Gasteiger partial charge on any atom is 0.243 e. The van der Waals surface area contributed by atoms with Crippen molar-refractivity contribution in [3.63, 3.8) is 0 Å². The molecule has 3 rings (SSSR count). The number of carbonyl (C=O) groups excluding carboxylic acids is 1. The first kappa shape index (κ1) is 19.2. The summed E-state index contributed by atoms with van der Waals surface area (Å²) in [5, 5.41) is 3.50. The Balaban J connectivity index is 1.83. The van der Waals surface area contributed by atoms with Crippen molar-refractivity contribution in [3.05, 3.63) is 58.1 Å². The lowest BCUT2D eigenvalue weighted by molar-refractivity contribution is -0.119. The molecule has 1 fully saturated rings. The minimum Gasteiger partial charge on any atom is -0.325 e. The average Bonchev–Trinajstić information content (AvgIpc) is 3.05. The molecule has 138 valence electrons. The molecule has 1 amide bonds. The standard InChI is InChI=1S/C18H18Cl2N2O3S/c1-12-4-6-16(7-5-12)26(24,25)22-8-2-3-17(22)18(23)21-15-10-13(19)9-14(20)11-15/h4-7,9-11,17H,2-3,8H2,1H3,(H,21,23). The lowest BCUT2D eigenvalue weighted by Crippen LogP contribution is -2.43. The van der Waals surface area contributed by atoms with Gasteiger partial charge >= 0.3 is 0 Å². The highest BCUT2D eigenvalue weighted by Gasteiger charge is 2.39. The fourth-order valence-corrected chi connectivity index (χ4v) is 5.17. The summed E-state index contributed by atoms with van der Waals surface area (Å²) in [6.45, 7) is 2.20. The number of amides is 1. The minimum atomic E-state index is -3.74. The third kappa shape index (κ3) is 4.04. The number of hydrogen-bond donors (Lipinski definition) is 1. The van der Waals surface area contributed by atoms with Crippen LogP contribution in [0.1, 0.15) is 18.4 Å². The maximum absolute atomic E-state index is 12.9. The van der Waals surface area contributed by atoms with E-state index in [9.17, 15) is 13.2 Å². The molecule has 5 nitrogen and oxygen atoms in total. The monoisotopic (exact) mass is 412 g/mol. The van der Waals surface area contributed by atoms with E-state index in [0.29, 0.717) is 35.1 Å². The van der Waals surface area contributed by atoms with Crippen molar-refractivity contribution in [1.29, 1.82) is 0 Å². The Morgan fingerprint density at radius 1 is 1.12 bits per heavy atom. The van der Waals surface area contributed by atoms with E-state index >= 15 is 0 Å². The van der Waals surface area contributed by atoms with E-state index in [1.165, 1.54) is 4.31 Å². The van der Waals surface area contributed by atoms with Gasteiger partial charge in [-0.1, -0.05) is 40.9 Å². The van der Waals surface area contributed by atoms with E-state index in [4.69, 9.17) is 23.2 Å². The minimum absolute atomic E-state index is 0.189. The van der Waals surface area contributed by atoms with Crippen LogP contribution in [0, 0.1) is 6.92 Å². The van der Waals surface area contributed by atoms with Crippen LogP contribution in [0.2, 0.25) is 10.0 Å². The summed E-state index contributed by atoms with van der Waals surface area (Å²) >= 11 is 11.9. The van der Waals surface area contributed by atoms with Crippen molar-refractivity contribution in [2.24, 2.45) is 0 Å². The summed E-state index contributed by atoms with van der Waals surface area (Å²) in [6, 6.07) is 10.5. The summed E-state index contributed by atoms with van der Waals surface area (Å²) < 4.78 is 27.1. The second-order valence-corrected chi connectivity index (χ2v) is 9.00. The van der Waals surface area contributed by atoms with Crippen LogP contribution in [0.4, 0.5) is 5.69 Å². The fraction of sp³-hybridized carbons (Fsp3) is 0.278. The zero-order valence-corrected chi connectivity index (χ0v) is 16.4. The summed E-state index contributed by atoms with van der Waals surface area (Å²) in [6.07, 6.45) is 1.09. The van der Waals surface area contributed by atoms with Crippen LogP contribution in [0.5, 0.6) is 0 Å². The van der Waals surface area contributed by atoms with Crippen LogP contribution >= 0.6 is 23.2 Å². The molecule has 1 unspecified atom stereocenters. The van der Waals surface area contributed by atoms with Gasteiger partial charge in [0.15, 0.2) is 0 Å². The van der Waals surface area contributed by atoms with Gasteiger partial charge in [0.25, 0.3) is 0 Å². The second-order valence-electron chi connectivity index (χ2n) is 6.23. The molecule has 1 aliphatic heterocycles. The van der Waals surface area contributed by atoms with Gasteiger partial charge in [0, 0.05) is 22.3 Å². The highest BCUT2D eigenvalue weighted by atomic mass is 35.5. The van der Waals surface area contributed by atoms with Crippen molar-refractivity contribution < 1.29 is 13.2 Å². The smallest absolute Gasteiger partial charge is 0.243 e. The first-order valence-electron chi connectivity index (χ1n) is 8.13. The largest absolute Gasteiger partial charge is 0.325 e. The number of nitrogens with one attached hydrogen (secondary N) is 1. The van der Waals surface area contributed by atoms with Crippen molar-refractivity contribution in [3.8, 4) is 0 Å². The molecular weight excluding hydrogens is 395 g/mol. The SMILES string of the molecule is Cc1ccc(S(=O)(=O)N2CCCC2C(=O)Nc2cc(Cl)cc(Cl)c2)cc1. The van der Waals surface area contributed by atoms with Crippen molar-refractivity contribution in [2.45, 2.75) is 30.7 Å². The van der Waals surface area contributed by atoms with Gasteiger partial charge in [-0.15, -0.1) is 0 Å². The number of carbonyl (C=O) groups is 1. The van der Waals surface area contributed by atoms with Gasteiger partial charge < -0.3 is 5.32 Å². The summed E-state index contributed by atoms with van der Waals surface area (Å²) in [5.41, 5.74) is 1.41. The van der Waals surface area contributed by atoms with Gasteiger partial charge in [0.2, 0.25) is 15.9 Å². The van der Waals surface area contributed by atoms with Crippen LogP contribution in [0.3, 0.4) is 0 Å². The molecule has 1 N–H and O–H groups in total. The summed E-state index contributed by atoms with van der Waals surface area (Å²) in [4.78, 5) is 12.9. The number of rotatable bonds is 4. The zero-order valence-electron chi connectivity index (χ0n) is 14.1. The van der Waals surface area contributed by atoms with Crippen molar-refractivity contribution in [2.75, 3.05) is 11.9 Å². The molecule has 26 heavy (non-hydrogen) atoms. The zero-order chi connectivity index (χ0) is 18.9. The van der Waals surface area contributed by atoms with Crippen LogP contribution in [0.25, 0.3) is 0 Å². The van der Waals surface area contributed by atoms with E-state index in [0.717, 1.165) is 5.56 Å². The van der Waals surface area contributed by atoms with Crippen LogP contribution in [-0.2, 0) is 14.8 Å². The van der Waals surface area contributed by atoms with Crippen molar-refractivity contribution in [1.82, 2.24) is 4.31 Å². The first-order valence-corrected chi connectivity index (χ1v) is 10.3. The van der Waals surface area contributed by atoms with Crippen molar-refractivity contribution >= 4 is 44.8 Å². The highest BCUT2D eigenvalue weighted by Crippen LogP contribution is 2.28. The van der Waals surface area contributed by atoms with Gasteiger partial charge in [0.05, 0.1) is 4.90 Å². The number of anilines is 1. The van der Waals surface area contributed by atoms with Gasteiger partial charge in [0.1, 0.15) is 6.04 Å². The van der Waals surface area contributed by atoms with E-state index in [2.05, 4.69) is 5.32 Å². The predicted octanol–water partition coefficient (Wildman–Crippen LogP) is 4.09. The lowest BCUT2D eigenvalue weighted by atomic mass is 10.2. The second kappa shape index (κ2) is 7.56. The molecule has 1 atom stereocenters. The Morgan fingerprint density at radius 2 is 1.73 bits per heavy atom. The number of benzene rings is 2. The van der Waals surface area contributed by atoms with Gasteiger partial charge in [-0.25, -0.2) is 8.42 Å². The Labute approximate surface area is 163 Å². The van der Waals surface area contributed by atoms with Crippen LogP contribution in [0.15, 0.2) is 47.4 Å². The number of hydrogen-bond acceptors (Lipinski definition) is 3. The number of nitrogens with zero attached hydrogens (tertiary/aromatic N) is 1. The van der Waals surface area contributed by atoms with E-state index in [-0.39, 0.29) is 4.90 Å². The first-order chi connectivity index (χ1) is 12.3. The van der Waals surface area contributed by atoms with Gasteiger partial charge in [-0.05, 0) is 50.1 Å². The van der Waals surface area contributed by atoms with E-state index in [1.54, 1.807) is 42.5 Å². The fourth-order valence-electron chi connectivity index (χ4n) is 2.99. The molecular formula is C18H18Cl2N2O3S. The van der Waals surface area contributed by atoms with E-state index in [1.807, 2.05) is 6.92 Å². The molecule has 0 bridgehead atoms. The highest BCUT2D eigenvalue weighted by molar-refractivity contribution is 7.89. The van der Waals surface area contributed by atoms with Crippen LogP contribution < -0.4 is 5.32 Å². The number of sulfonamides is 1. The topological polar surface area (TPSA) is 66.5 Å². The lowest BCUT2D eigenvalue weighted by Gasteiger charge is -2.23. The maximum atomic E-state index is 12.9. The number of halogens is 2. The molecule has 2 aromatic carbocycles.